The molecule has 11 nitrogen and oxygen atoms in total. The van der Waals surface area contributed by atoms with Gasteiger partial charge in [-0.25, -0.2) is 4.99 Å². The summed E-state index contributed by atoms with van der Waals surface area (Å²) in [4.78, 5) is 34.5. The Morgan fingerprint density at radius 1 is 1.21 bits per heavy atom. The van der Waals surface area contributed by atoms with Crippen molar-refractivity contribution in [3.8, 4) is 17.0 Å². The summed E-state index contributed by atoms with van der Waals surface area (Å²) in [5.41, 5.74) is 7.25. The lowest BCUT2D eigenvalue weighted by Gasteiger charge is -2.32. The number of nitrogens with zero attached hydrogens (tertiary/aromatic N) is 5. The third kappa shape index (κ3) is 8.47. The van der Waals surface area contributed by atoms with Crippen molar-refractivity contribution >= 4 is 35.3 Å². The first kappa shape index (κ1) is 34.3. The standard InChI is InChI=1S/C34H37ClF2N8O3/c1-22(38)29(31-39-14-6-15-40-31)32(46)41-27-21-45(42-30(27)26-20-24(35)10-11-28(26)48-34(36)37)25-12-18-44(19-13-25)17-7-16-43(2)33(47)23-8-4-3-5-9-23/h3-6,8-11,14-15,20-21,25,34,39H,1,7,12-13,16-19,38H2,2H3,(H,41,46)/b31-29-. The molecule has 252 valence electrons. The van der Waals surface area contributed by atoms with Gasteiger partial charge in [0.05, 0.1) is 11.7 Å². The van der Waals surface area contributed by atoms with E-state index >= 15 is 0 Å². The molecule has 14 heteroatoms. The van der Waals surface area contributed by atoms with Crippen LogP contribution in [0.25, 0.3) is 11.3 Å². The normalized spacial score (nSPS) is 16.0. The maximum atomic E-state index is 13.6. The quantitative estimate of drug-likeness (QED) is 0.218. The molecule has 0 atom stereocenters. The van der Waals surface area contributed by atoms with Crippen LogP contribution in [0.3, 0.4) is 0 Å². The van der Waals surface area contributed by atoms with Gasteiger partial charge in [-0.3, -0.25) is 14.3 Å². The van der Waals surface area contributed by atoms with Gasteiger partial charge in [0.15, 0.2) is 0 Å². The van der Waals surface area contributed by atoms with E-state index in [1.807, 2.05) is 37.4 Å². The average molecular weight is 679 g/mol. The van der Waals surface area contributed by atoms with Gasteiger partial charge in [-0.2, -0.15) is 13.9 Å². The first-order chi connectivity index (χ1) is 23.1. The van der Waals surface area contributed by atoms with E-state index in [0.717, 1.165) is 38.9 Å². The number of carbonyl (C=O) groups is 2. The number of allylic oxidation sites excluding steroid dienone is 1. The number of likely N-dealkylation sites (tertiary alicyclic amines) is 1. The van der Waals surface area contributed by atoms with Crippen LogP contribution in [0.2, 0.25) is 5.02 Å². The molecule has 1 fully saturated rings. The van der Waals surface area contributed by atoms with Crippen molar-refractivity contribution in [2.24, 2.45) is 10.7 Å². The zero-order valence-corrected chi connectivity index (χ0v) is 27.2. The topological polar surface area (TPSA) is 130 Å². The molecule has 0 bridgehead atoms. The number of carbonyl (C=O) groups excluding carboxylic acids is 2. The summed E-state index contributed by atoms with van der Waals surface area (Å²) in [6.07, 6.45) is 8.75. The van der Waals surface area contributed by atoms with Crippen LogP contribution < -0.4 is 21.1 Å². The zero-order chi connectivity index (χ0) is 34.2. The van der Waals surface area contributed by atoms with Gasteiger partial charge in [0.1, 0.15) is 22.8 Å². The van der Waals surface area contributed by atoms with Crippen LogP contribution in [0.15, 0.2) is 95.7 Å². The number of alkyl halides is 2. The van der Waals surface area contributed by atoms with E-state index in [4.69, 9.17) is 27.2 Å². The number of ether oxygens (including phenoxy) is 1. The van der Waals surface area contributed by atoms with Gasteiger partial charge in [-0.1, -0.05) is 36.4 Å². The number of aromatic nitrogens is 2. The SMILES string of the molecule is C=C(N)/C(C(=O)Nc1cn(C2CCN(CCCN(C)C(=O)c3ccccc3)CC2)nc1-c1cc(Cl)ccc1OC(F)F)=C1/N=CC=CN1. The zero-order valence-electron chi connectivity index (χ0n) is 26.4. The Balaban J connectivity index is 1.32. The Labute approximate surface area is 282 Å². The molecule has 0 radical (unpaired) electrons. The van der Waals surface area contributed by atoms with Crippen LogP contribution in [0.5, 0.6) is 5.75 Å². The van der Waals surface area contributed by atoms with E-state index in [1.165, 1.54) is 24.4 Å². The van der Waals surface area contributed by atoms with Crippen LogP contribution >= 0.6 is 11.6 Å². The smallest absolute Gasteiger partial charge is 0.387 e. The molecule has 0 spiro atoms. The second-order valence-electron chi connectivity index (χ2n) is 11.4. The Hall–Kier alpha value is -5.01. The molecule has 0 saturated carbocycles. The van der Waals surface area contributed by atoms with Crippen LogP contribution in [-0.4, -0.2) is 77.4 Å². The molecule has 4 N–H and O–H groups in total. The largest absolute Gasteiger partial charge is 0.434 e. The fourth-order valence-electron chi connectivity index (χ4n) is 5.65. The molecule has 1 aromatic heterocycles. The van der Waals surface area contributed by atoms with Gasteiger partial charge in [0, 0.05) is 67.1 Å². The summed E-state index contributed by atoms with van der Waals surface area (Å²) >= 11 is 6.28. The number of halogens is 3. The minimum Gasteiger partial charge on any atom is -0.434 e. The molecule has 1 saturated heterocycles. The minimum atomic E-state index is -3.09. The fraction of sp³-hybridized carbons (Fsp3) is 0.294. The van der Waals surface area contributed by atoms with Crippen molar-refractivity contribution in [2.75, 3.05) is 38.5 Å². The minimum absolute atomic E-state index is 0.00726. The van der Waals surface area contributed by atoms with E-state index in [9.17, 15) is 18.4 Å². The number of rotatable bonds is 12. The summed E-state index contributed by atoms with van der Waals surface area (Å²) in [5.74, 6) is -0.579. The lowest BCUT2D eigenvalue weighted by Crippen LogP contribution is -2.37. The maximum absolute atomic E-state index is 13.6. The van der Waals surface area contributed by atoms with Gasteiger partial charge in [0.2, 0.25) is 0 Å². The molecular formula is C34H37ClF2N8O3. The average Bonchev–Trinajstić information content (AvgIpc) is 3.49. The Kier molecular flexibility index (Phi) is 11.2. The molecule has 48 heavy (non-hydrogen) atoms. The number of hydrogen-bond donors (Lipinski definition) is 3. The van der Waals surface area contributed by atoms with Gasteiger partial charge in [-0.05, 0) is 62.2 Å². The van der Waals surface area contributed by atoms with Crippen molar-refractivity contribution in [2.45, 2.75) is 31.9 Å². The third-order valence-corrected chi connectivity index (χ3v) is 8.29. The van der Waals surface area contributed by atoms with E-state index in [0.29, 0.717) is 12.1 Å². The third-order valence-electron chi connectivity index (χ3n) is 8.05. The molecule has 3 aromatic rings. The molecule has 2 aliphatic heterocycles. The summed E-state index contributed by atoms with van der Waals surface area (Å²) in [6.45, 7) is 3.67. The molecule has 0 unspecified atom stereocenters. The van der Waals surface area contributed by atoms with Gasteiger partial charge in [-0.15, -0.1) is 0 Å². The molecule has 2 aromatic carbocycles. The number of nitrogens with one attached hydrogen (secondary N) is 2. The molecule has 3 heterocycles. The van der Waals surface area contributed by atoms with Crippen molar-refractivity contribution < 1.29 is 23.1 Å². The fourth-order valence-corrected chi connectivity index (χ4v) is 5.82. The van der Waals surface area contributed by atoms with Crippen molar-refractivity contribution in [3.05, 3.63) is 101 Å². The van der Waals surface area contributed by atoms with E-state index in [2.05, 4.69) is 27.1 Å². The van der Waals surface area contributed by atoms with E-state index in [-0.39, 0.29) is 56.8 Å². The highest BCUT2D eigenvalue weighted by Gasteiger charge is 2.27. The number of amides is 2. The predicted molar refractivity (Wildman–Crippen MR) is 182 cm³/mol. The highest BCUT2D eigenvalue weighted by Crippen LogP contribution is 2.38. The number of anilines is 1. The van der Waals surface area contributed by atoms with Crippen molar-refractivity contribution in [3.63, 3.8) is 0 Å². The number of piperidine rings is 1. The highest BCUT2D eigenvalue weighted by molar-refractivity contribution is 6.31. The monoisotopic (exact) mass is 678 g/mol. The van der Waals surface area contributed by atoms with Crippen molar-refractivity contribution in [1.82, 2.24) is 24.9 Å². The van der Waals surface area contributed by atoms with Crippen LogP contribution in [0.4, 0.5) is 14.5 Å². The first-order valence-electron chi connectivity index (χ1n) is 15.4. The lowest BCUT2D eigenvalue weighted by molar-refractivity contribution is -0.112. The van der Waals surface area contributed by atoms with Gasteiger partial charge in [0.25, 0.3) is 11.8 Å². The molecule has 0 aliphatic carbocycles. The van der Waals surface area contributed by atoms with Crippen LogP contribution in [0, 0.1) is 0 Å². The number of benzene rings is 2. The molecule has 5 rings (SSSR count). The van der Waals surface area contributed by atoms with Crippen LogP contribution in [0.1, 0.15) is 35.7 Å². The summed E-state index contributed by atoms with van der Waals surface area (Å²) in [6, 6.07) is 13.4. The summed E-state index contributed by atoms with van der Waals surface area (Å²) in [7, 11) is 1.81. The summed E-state index contributed by atoms with van der Waals surface area (Å²) < 4.78 is 33.3. The summed E-state index contributed by atoms with van der Waals surface area (Å²) in [5, 5.41) is 10.8. The van der Waals surface area contributed by atoms with E-state index in [1.54, 1.807) is 28.1 Å². The number of nitrogens with two attached hydrogens (primary N) is 1. The van der Waals surface area contributed by atoms with E-state index < -0.39 is 12.5 Å². The molecule has 2 aliphatic rings. The second kappa shape index (κ2) is 15.7. The Bertz CT molecular complexity index is 1730. The Morgan fingerprint density at radius 3 is 2.62 bits per heavy atom. The number of hydrogen-bond acceptors (Lipinski definition) is 8. The predicted octanol–water partition coefficient (Wildman–Crippen LogP) is 5.41. The number of aliphatic imine (C=N–C) groups is 1. The lowest BCUT2D eigenvalue weighted by atomic mass is 10.1. The first-order valence-corrected chi connectivity index (χ1v) is 15.8. The maximum Gasteiger partial charge on any atom is 0.387 e. The highest BCUT2D eigenvalue weighted by atomic mass is 35.5. The Morgan fingerprint density at radius 2 is 1.96 bits per heavy atom. The van der Waals surface area contributed by atoms with Gasteiger partial charge >= 0.3 is 6.61 Å². The molecule has 2 amide bonds. The second-order valence-corrected chi connectivity index (χ2v) is 11.8. The molecular weight excluding hydrogens is 642 g/mol. The van der Waals surface area contributed by atoms with Crippen molar-refractivity contribution in [1.29, 1.82) is 0 Å². The van der Waals surface area contributed by atoms with Gasteiger partial charge < -0.3 is 30.9 Å². The van der Waals surface area contributed by atoms with Crippen LogP contribution in [-0.2, 0) is 4.79 Å².